The molecule has 1 saturated carbocycles. The van der Waals surface area contributed by atoms with Gasteiger partial charge in [0.15, 0.2) is 0 Å². The van der Waals surface area contributed by atoms with E-state index >= 15 is 0 Å². The zero-order valence-corrected chi connectivity index (χ0v) is 15.3. The number of fused-ring (bicyclic) bond motifs is 3. The van der Waals surface area contributed by atoms with E-state index in [1.54, 1.807) is 13.8 Å². The molecular formula is C20H25F3O3. The Hall–Kier alpha value is -1.56. The van der Waals surface area contributed by atoms with Crippen LogP contribution in [0, 0.1) is 5.92 Å². The lowest BCUT2D eigenvalue weighted by molar-refractivity contribution is -0.267. The molecule has 0 bridgehead atoms. The third-order valence-electron chi connectivity index (χ3n) is 5.78. The average molecular weight is 370 g/mol. The fourth-order valence-corrected chi connectivity index (χ4v) is 4.39. The molecule has 3 unspecified atom stereocenters. The van der Waals surface area contributed by atoms with Crippen molar-refractivity contribution in [3.8, 4) is 0 Å². The van der Waals surface area contributed by atoms with Crippen LogP contribution in [0.3, 0.4) is 0 Å². The van der Waals surface area contributed by atoms with E-state index in [2.05, 4.69) is 4.74 Å². The van der Waals surface area contributed by atoms with Crippen molar-refractivity contribution in [3.63, 3.8) is 0 Å². The number of esters is 1. The molecule has 0 aliphatic heterocycles. The lowest BCUT2D eigenvalue weighted by atomic mass is 9.71. The largest absolute Gasteiger partial charge is 0.464 e. The van der Waals surface area contributed by atoms with Gasteiger partial charge in [-0.2, -0.15) is 13.2 Å². The van der Waals surface area contributed by atoms with E-state index in [1.165, 1.54) is 12.5 Å². The Balaban J connectivity index is 1.99. The van der Waals surface area contributed by atoms with Crippen molar-refractivity contribution in [2.24, 2.45) is 5.92 Å². The smallest absolute Gasteiger partial charge is 0.428 e. The van der Waals surface area contributed by atoms with Gasteiger partial charge in [-0.05, 0) is 60.1 Å². The van der Waals surface area contributed by atoms with Gasteiger partial charge in [-0.3, -0.25) is 0 Å². The zero-order valence-electron chi connectivity index (χ0n) is 15.3. The molecule has 2 aliphatic rings. The first kappa shape index (κ1) is 19.2. The first-order valence-corrected chi connectivity index (χ1v) is 9.10. The van der Waals surface area contributed by atoms with Gasteiger partial charge < -0.3 is 9.84 Å². The number of halogens is 3. The van der Waals surface area contributed by atoms with Crippen molar-refractivity contribution in [3.05, 3.63) is 34.9 Å². The SMILES string of the molecule is CCOC(=O)C(O)(CC(C)(C)c1cccc2c1C1CC1CC2)C(F)(F)F. The number of aliphatic hydroxyl groups is 1. The highest BCUT2D eigenvalue weighted by atomic mass is 19.4. The van der Waals surface area contributed by atoms with Crippen LogP contribution in [0.4, 0.5) is 13.2 Å². The molecule has 0 radical (unpaired) electrons. The lowest BCUT2D eigenvalue weighted by Gasteiger charge is -2.37. The van der Waals surface area contributed by atoms with Gasteiger partial charge in [0.25, 0.3) is 5.60 Å². The van der Waals surface area contributed by atoms with Crippen LogP contribution in [-0.2, 0) is 21.4 Å². The van der Waals surface area contributed by atoms with Gasteiger partial charge in [-0.25, -0.2) is 4.79 Å². The van der Waals surface area contributed by atoms with E-state index < -0.39 is 29.6 Å². The summed E-state index contributed by atoms with van der Waals surface area (Å²) in [6, 6.07) is 5.72. The summed E-state index contributed by atoms with van der Waals surface area (Å²) in [7, 11) is 0. The van der Waals surface area contributed by atoms with E-state index in [0.29, 0.717) is 11.8 Å². The molecule has 3 rings (SSSR count). The molecule has 26 heavy (non-hydrogen) atoms. The predicted octanol–water partition coefficient (Wildman–Crippen LogP) is 4.26. The Labute approximate surface area is 151 Å². The highest BCUT2D eigenvalue weighted by Gasteiger charge is 2.63. The van der Waals surface area contributed by atoms with Gasteiger partial charge in [-0.15, -0.1) is 0 Å². The van der Waals surface area contributed by atoms with Crippen molar-refractivity contribution < 1.29 is 27.8 Å². The number of aryl methyl sites for hydroxylation is 1. The fourth-order valence-electron chi connectivity index (χ4n) is 4.39. The third kappa shape index (κ3) is 3.13. The molecule has 144 valence electrons. The number of alkyl halides is 3. The van der Waals surface area contributed by atoms with Crippen LogP contribution in [0.25, 0.3) is 0 Å². The molecule has 0 saturated heterocycles. The summed E-state index contributed by atoms with van der Waals surface area (Å²) in [5.41, 5.74) is -1.45. The maximum absolute atomic E-state index is 13.6. The maximum Gasteiger partial charge on any atom is 0.428 e. The quantitative estimate of drug-likeness (QED) is 0.788. The Kier molecular flexibility index (Phi) is 4.62. The minimum absolute atomic E-state index is 0.220. The molecule has 3 atom stereocenters. The molecule has 6 heteroatoms. The molecule has 0 aromatic heterocycles. The van der Waals surface area contributed by atoms with Crippen molar-refractivity contribution in [1.29, 1.82) is 0 Å². The Bertz CT molecular complexity index is 711. The Morgan fingerprint density at radius 1 is 1.31 bits per heavy atom. The van der Waals surface area contributed by atoms with Crippen molar-refractivity contribution in [1.82, 2.24) is 0 Å². The van der Waals surface area contributed by atoms with Gasteiger partial charge in [0.2, 0.25) is 0 Å². The molecule has 1 aromatic rings. The summed E-state index contributed by atoms with van der Waals surface area (Å²) in [5, 5.41) is 10.3. The van der Waals surface area contributed by atoms with Gasteiger partial charge in [0, 0.05) is 6.42 Å². The van der Waals surface area contributed by atoms with E-state index in [4.69, 9.17) is 0 Å². The van der Waals surface area contributed by atoms with E-state index in [9.17, 15) is 23.1 Å². The van der Waals surface area contributed by atoms with Crippen LogP contribution in [0.15, 0.2) is 18.2 Å². The van der Waals surface area contributed by atoms with E-state index in [-0.39, 0.29) is 6.61 Å². The maximum atomic E-state index is 13.6. The summed E-state index contributed by atoms with van der Waals surface area (Å²) in [6.07, 6.45) is -2.75. The fraction of sp³-hybridized carbons (Fsp3) is 0.650. The summed E-state index contributed by atoms with van der Waals surface area (Å²) in [4.78, 5) is 12.0. The molecule has 2 aliphatic carbocycles. The molecule has 0 amide bonds. The minimum Gasteiger partial charge on any atom is -0.464 e. The van der Waals surface area contributed by atoms with Crippen LogP contribution < -0.4 is 0 Å². The number of benzene rings is 1. The monoisotopic (exact) mass is 370 g/mol. The molecule has 3 nitrogen and oxygen atoms in total. The number of carbonyl (C=O) groups excluding carboxylic acids is 1. The normalized spacial score (nSPS) is 24.3. The Morgan fingerprint density at radius 3 is 2.62 bits per heavy atom. The molecule has 1 N–H and O–H groups in total. The van der Waals surface area contributed by atoms with Gasteiger partial charge in [0.05, 0.1) is 6.61 Å². The van der Waals surface area contributed by atoms with Crippen LogP contribution in [-0.4, -0.2) is 29.5 Å². The molecular weight excluding hydrogens is 345 g/mol. The second-order valence-electron chi connectivity index (χ2n) is 8.16. The molecule has 0 heterocycles. The summed E-state index contributed by atoms with van der Waals surface area (Å²) in [6.45, 7) is 4.51. The lowest BCUT2D eigenvalue weighted by Crippen LogP contribution is -2.56. The molecule has 0 spiro atoms. The third-order valence-corrected chi connectivity index (χ3v) is 5.78. The van der Waals surface area contributed by atoms with Crippen molar-refractivity contribution in [2.45, 2.75) is 69.6 Å². The highest BCUT2D eigenvalue weighted by molar-refractivity contribution is 5.80. The number of ether oxygens (including phenoxy) is 1. The van der Waals surface area contributed by atoms with E-state index in [1.807, 2.05) is 18.2 Å². The van der Waals surface area contributed by atoms with Gasteiger partial charge >= 0.3 is 12.1 Å². The van der Waals surface area contributed by atoms with Crippen molar-refractivity contribution >= 4 is 5.97 Å². The summed E-state index contributed by atoms with van der Waals surface area (Å²) >= 11 is 0. The zero-order chi connectivity index (χ0) is 19.3. The van der Waals surface area contributed by atoms with Gasteiger partial charge in [-0.1, -0.05) is 32.0 Å². The Morgan fingerprint density at radius 2 is 2.00 bits per heavy atom. The van der Waals surface area contributed by atoms with Crippen LogP contribution in [0.1, 0.15) is 62.6 Å². The van der Waals surface area contributed by atoms with Crippen LogP contribution >= 0.6 is 0 Å². The van der Waals surface area contributed by atoms with E-state index in [0.717, 1.165) is 30.4 Å². The average Bonchev–Trinajstić information content (AvgIpc) is 3.32. The second-order valence-corrected chi connectivity index (χ2v) is 8.16. The van der Waals surface area contributed by atoms with Gasteiger partial charge in [0.1, 0.15) is 0 Å². The highest BCUT2D eigenvalue weighted by Crippen LogP contribution is 2.57. The summed E-state index contributed by atoms with van der Waals surface area (Å²) in [5.74, 6) is -0.614. The predicted molar refractivity (Wildman–Crippen MR) is 90.9 cm³/mol. The minimum atomic E-state index is -5.10. The standard InChI is InChI=1S/C20H25F3O3/c1-4-26-17(24)19(25,20(21,22)23)11-18(2,3)15-7-5-6-12-8-9-13-10-14(13)16(12)15/h5-7,13-14,25H,4,8-11H2,1-3H3. The number of hydrogen-bond donors (Lipinski definition) is 1. The number of rotatable bonds is 5. The topological polar surface area (TPSA) is 46.5 Å². The first-order chi connectivity index (χ1) is 12.0. The number of hydrogen-bond acceptors (Lipinski definition) is 3. The van der Waals surface area contributed by atoms with Crippen LogP contribution in [0.2, 0.25) is 0 Å². The molecule has 1 aromatic carbocycles. The van der Waals surface area contributed by atoms with Crippen LogP contribution in [0.5, 0.6) is 0 Å². The second kappa shape index (κ2) is 6.25. The molecule has 1 fully saturated rings. The number of carbonyl (C=O) groups is 1. The van der Waals surface area contributed by atoms with Crippen molar-refractivity contribution in [2.75, 3.05) is 6.61 Å². The first-order valence-electron chi connectivity index (χ1n) is 9.10. The summed E-state index contributed by atoms with van der Waals surface area (Å²) < 4.78 is 45.3.